The number of thiophene rings is 1. The molecular weight excluding hydrogens is 689 g/mol. The molecule has 0 unspecified atom stereocenters. The smallest absolute Gasteiger partial charge is 0.161 e. The van der Waals surface area contributed by atoms with Gasteiger partial charge in [-0.1, -0.05) is 158 Å². The van der Waals surface area contributed by atoms with Crippen molar-refractivity contribution in [3.8, 4) is 78.9 Å². The molecule has 3 aromatic heterocycles. The molecule has 0 spiro atoms. The lowest BCUT2D eigenvalue weighted by molar-refractivity contribution is 1.18. The van der Waals surface area contributed by atoms with Crippen molar-refractivity contribution in [3.05, 3.63) is 194 Å². The first kappa shape index (κ1) is 32.6. The summed E-state index contributed by atoms with van der Waals surface area (Å²) in [6, 6.07) is 67.3. The molecule has 0 saturated heterocycles. The number of aromatic nitrogens is 4. The number of rotatable bonds is 7. The van der Waals surface area contributed by atoms with Gasteiger partial charge in [-0.25, -0.2) is 19.9 Å². The minimum Gasteiger partial charge on any atom is -0.228 e. The first-order valence-electron chi connectivity index (χ1n) is 18.3. The zero-order chi connectivity index (χ0) is 36.6. The van der Waals surface area contributed by atoms with E-state index in [-0.39, 0.29) is 0 Å². The van der Waals surface area contributed by atoms with Crippen molar-refractivity contribution in [2.75, 3.05) is 0 Å². The summed E-state index contributed by atoms with van der Waals surface area (Å²) in [5.74, 6) is 1.40. The molecule has 0 radical (unpaired) electrons. The van der Waals surface area contributed by atoms with Crippen LogP contribution >= 0.6 is 11.3 Å². The van der Waals surface area contributed by atoms with E-state index in [9.17, 15) is 0 Å². The van der Waals surface area contributed by atoms with Crippen LogP contribution in [0.5, 0.6) is 0 Å². The largest absolute Gasteiger partial charge is 0.228 e. The molecule has 0 aliphatic rings. The van der Waals surface area contributed by atoms with E-state index in [0.29, 0.717) is 11.6 Å². The molecule has 0 fully saturated rings. The fourth-order valence-electron chi connectivity index (χ4n) is 7.14. The average molecular weight is 721 g/mol. The summed E-state index contributed by atoms with van der Waals surface area (Å²) in [4.78, 5) is 20.7. The Labute approximate surface area is 323 Å². The number of fused-ring (bicyclic) bond motifs is 3. The van der Waals surface area contributed by atoms with E-state index in [4.69, 9.17) is 19.9 Å². The molecule has 4 nitrogen and oxygen atoms in total. The SMILES string of the molecule is c1ccc(-c2ccc(-c3cc(-c4ccccc4)nc(-c4ccc5sc6c(-c7nc(-c8ccccc8)cc(-c8ccccc8)n7)cccc6c5c4)n3)cc2)cc1. The molecule has 10 rings (SSSR count). The van der Waals surface area contributed by atoms with Gasteiger partial charge >= 0.3 is 0 Å². The third kappa shape index (κ3) is 6.37. The Hall–Kier alpha value is -7.08. The van der Waals surface area contributed by atoms with Crippen LogP contribution in [-0.4, -0.2) is 19.9 Å². The zero-order valence-electron chi connectivity index (χ0n) is 29.7. The summed E-state index contributed by atoms with van der Waals surface area (Å²) < 4.78 is 2.33. The van der Waals surface area contributed by atoms with Crippen molar-refractivity contribution >= 4 is 31.5 Å². The molecule has 0 aliphatic carbocycles. The quantitative estimate of drug-likeness (QED) is 0.164. The van der Waals surface area contributed by atoms with Crippen LogP contribution in [0.1, 0.15) is 0 Å². The number of hydrogen-bond acceptors (Lipinski definition) is 5. The van der Waals surface area contributed by atoms with Crippen LogP contribution in [0, 0.1) is 0 Å². The van der Waals surface area contributed by atoms with Gasteiger partial charge in [0.1, 0.15) is 0 Å². The van der Waals surface area contributed by atoms with E-state index in [2.05, 4.69) is 146 Å². The highest BCUT2D eigenvalue weighted by molar-refractivity contribution is 7.26. The summed E-state index contributed by atoms with van der Waals surface area (Å²) in [7, 11) is 0. The van der Waals surface area contributed by atoms with Gasteiger partial charge in [-0.05, 0) is 47.5 Å². The lowest BCUT2D eigenvalue weighted by atomic mass is 10.0. The zero-order valence-corrected chi connectivity index (χ0v) is 30.5. The highest BCUT2D eigenvalue weighted by Gasteiger charge is 2.17. The molecule has 55 heavy (non-hydrogen) atoms. The van der Waals surface area contributed by atoms with Crippen LogP contribution in [0.3, 0.4) is 0 Å². The molecule has 10 aromatic rings. The molecule has 0 saturated carbocycles. The first-order valence-corrected chi connectivity index (χ1v) is 19.1. The number of hydrogen-bond donors (Lipinski definition) is 0. The molecule has 0 bridgehead atoms. The van der Waals surface area contributed by atoms with Crippen LogP contribution in [0.25, 0.3) is 99.1 Å². The first-order chi connectivity index (χ1) is 27.2. The van der Waals surface area contributed by atoms with E-state index in [0.717, 1.165) is 71.6 Å². The van der Waals surface area contributed by atoms with Gasteiger partial charge in [-0.15, -0.1) is 11.3 Å². The van der Waals surface area contributed by atoms with Crippen LogP contribution in [-0.2, 0) is 0 Å². The van der Waals surface area contributed by atoms with E-state index in [1.54, 1.807) is 11.3 Å². The lowest BCUT2D eigenvalue weighted by Crippen LogP contribution is -1.96. The Bertz CT molecular complexity index is 2890. The third-order valence-corrected chi connectivity index (χ3v) is 11.2. The van der Waals surface area contributed by atoms with Gasteiger partial charge in [0.2, 0.25) is 0 Å². The Kier molecular flexibility index (Phi) is 8.32. The van der Waals surface area contributed by atoms with E-state index in [1.165, 1.54) is 15.8 Å². The Morgan fingerprint density at radius 1 is 0.291 bits per heavy atom. The maximum absolute atomic E-state index is 5.19. The topological polar surface area (TPSA) is 51.6 Å². The van der Waals surface area contributed by atoms with E-state index >= 15 is 0 Å². The molecule has 0 N–H and O–H groups in total. The maximum atomic E-state index is 5.19. The van der Waals surface area contributed by atoms with Crippen molar-refractivity contribution in [1.29, 1.82) is 0 Å². The van der Waals surface area contributed by atoms with E-state index in [1.807, 2.05) is 48.5 Å². The Morgan fingerprint density at radius 2 is 0.709 bits per heavy atom. The lowest BCUT2D eigenvalue weighted by Gasteiger charge is -2.10. The Balaban J connectivity index is 1.10. The molecular formula is C50H32N4S. The molecule has 5 heteroatoms. The van der Waals surface area contributed by atoms with E-state index < -0.39 is 0 Å². The number of benzene rings is 7. The van der Waals surface area contributed by atoms with Crippen molar-refractivity contribution in [2.24, 2.45) is 0 Å². The molecule has 0 amide bonds. The molecule has 3 heterocycles. The van der Waals surface area contributed by atoms with Gasteiger partial charge in [0.25, 0.3) is 0 Å². The standard InChI is InChI=1S/C50H32N4S/c1-5-14-33(15-6-1)34-24-26-38(27-25-34)46-31-43(35-16-7-2-8-17-35)51-49(52-46)39-28-29-47-42(30-39)40-22-13-23-41(48(40)55-47)50-53-44(36-18-9-3-10-19-36)32-45(54-50)37-20-11-4-12-21-37/h1-32H. The maximum Gasteiger partial charge on any atom is 0.161 e. The molecule has 7 aromatic carbocycles. The van der Waals surface area contributed by atoms with Crippen molar-refractivity contribution in [3.63, 3.8) is 0 Å². The van der Waals surface area contributed by atoms with Crippen molar-refractivity contribution in [1.82, 2.24) is 19.9 Å². The average Bonchev–Trinajstić information content (AvgIpc) is 3.66. The summed E-state index contributed by atoms with van der Waals surface area (Å²) in [6.07, 6.45) is 0. The fraction of sp³-hybridized carbons (Fsp3) is 0. The summed E-state index contributed by atoms with van der Waals surface area (Å²) >= 11 is 1.77. The number of nitrogens with zero attached hydrogens (tertiary/aromatic N) is 4. The van der Waals surface area contributed by atoms with Gasteiger partial charge in [0.15, 0.2) is 11.6 Å². The highest BCUT2D eigenvalue weighted by Crippen LogP contribution is 2.41. The van der Waals surface area contributed by atoms with Crippen molar-refractivity contribution < 1.29 is 0 Å². The second-order valence-corrected chi connectivity index (χ2v) is 14.5. The predicted molar refractivity (Wildman–Crippen MR) is 229 cm³/mol. The van der Waals surface area contributed by atoms with Crippen LogP contribution < -0.4 is 0 Å². The normalized spacial score (nSPS) is 11.3. The minimum atomic E-state index is 0.687. The van der Waals surface area contributed by atoms with Crippen molar-refractivity contribution in [2.45, 2.75) is 0 Å². The Morgan fingerprint density at radius 3 is 1.24 bits per heavy atom. The fourth-order valence-corrected chi connectivity index (χ4v) is 8.33. The second-order valence-electron chi connectivity index (χ2n) is 13.5. The predicted octanol–water partition coefficient (Wildman–Crippen LogP) is 13.3. The van der Waals surface area contributed by atoms with Gasteiger partial charge in [-0.3, -0.25) is 0 Å². The van der Waals surface area contributed by atoms with Crippen LogP contribution in [0.4, 0.5) is 0 Å². The highest BCUT2D eigenvalue weighted by atomic mass is 32.1. The molecule has 0 aliphatic heterocycles. The van der Waals surface area contributed by atoms with Gasteiger partial charge in [-0.2, -0.15) is 0 Å². The van der Waals surface area contributed by atoms with Gasteiger partial charge < -0.3 is 0 Å². The molecule has 258 valence electrons. The van der Waals surface area contributed by atoms with Crippen LogP contribution in [0.2, 0.25) is 0 Å². The monoisotopic (exact) mass is 720 g/mol. The van der Waals surface area contributed by atoms with Crippen LogP contribution in [0.15, 0.2) is 194 Å². The summed E-state index contributed by atoms with van der Waals surface area (Å²) in [6.45, 7) is 0. The molecule has 0 atom stereocenters. The second kappa shape index (κ2) is 14.0. The minimum absolute atomic E-state index is 0.687. The third-order valence-electron chi connectivity index (χ3n) is 9.94. The summed E-state index contributed by atoms with van der Waals surface area (Å²) in [5, 5.41) is 2.31. The van der Waals surface area contributed by atoms with Gasteiger partial charge in [0, 0.05) is 53.6 Å². The van der Waals surface area contributed by atoms with Gasteiger partial charge in [0.05, 0.1) is 22.8 Å². The summed E-state index contributed by atoms with van der Waals surface area (Å²) in [5.41, 5.74) is 12.1.